The van der Waals surface area contributed by atoms with E-state index in [-0.39, 0.29) is 0 Å². The summed E-state index contributed by atoms with van der Waals surface area (Å²) >= 11 is 0. The average molecular weight is 907 g/mol. The molecule has 0 spiro atoms. The Morgan fingerprint density at radius 3 is 1.28 bits per heavy atom. The van der Waals surface area contributed by atoms with E-state index in [4.69, 9.17) is 29.9 Å². The van der Waals surface area contributed by atoms with Gasteiger partial charge >= 0.3 is 0 Å². The van der Waals surface area contributed by atoms with E-state index in [2.05, 4.69) is 191 Å². The van der Waals surface area contributed by atoms with Gasteiger partial charge in [0.25, 0.3) is 0 Å². The molecule has 6 aromatic heterocycles. The van der Waals surface area contributed by atoms with Crippen LogP contribution in [-0.2, 0) is 5.41 Å². The number of benzene rings is 8. The predicted molar refractivity (Wildman–Crippen MR) is 285 cm³/mol. The van der Waals surface area contributed by atoms with Crippen molar-refractivity contribution in [3.63, 3.8) is 0 Å². The molecule has 0 atom stereocenters. The van der Waals surface area contributed by atoms with Gasteiger partial charge in [-0.3, -0.25) is 19.1 Å². The summed E-state index contributed by atoms with van der Waals surface area (Å²) in [4.78, 5) is 30.1. The standard InChI is InChI=1S/C63H38N8/c1-3-17-57-55(15-1)66-37-70(57)47-25-27-49-50-28-26-48(71-38-67-56-16-2-4-18-58(56)71)36-52(50)63(51(49)35-47,45-13-5-9-43(33-45)53-29-23-41-21-19-39-11-7-31-64-59(39)61(41)68-53)46-14-6-10-44(34-46)54-30-24-42-22-20-40-12-8-32-65-60(40)62(42)69-54/h1-38H. The summed E-state index contributed by atoms with van der Waals surface area (Å²) in [6, 6.07) is 73.7. The first-order chi connectivity index (χ1) is 35.2. The molecule has 71 heavy (non-hydrogen) atoms. The van der Waals surface area contributed by atoms with Crippen LogP contribution in [0, 0.1) is 0 Å². The zero-order valence-electron chi connectivity index (χ0n) is 38.0. The highest BCUT2D eigenvalue weighted by Gasteiger charge is 2.47. The van der Waals surface area contributed by atoms with E-state index in [1.165, 1.54) is 0 Å². The van der Waals surface area contributed by atoms with Crippen LogP contribution in [0.4, 0.5) is 0 Å². The fraction of sp³-hybridized carbons (Fsp3) is 0.0159. The second-order valence-electron chi connectivity index (χ2n) is 18.4. The van der Waals surface area contributed by atoms with Crippen LogP contribution in [0.3, 0.4) is 0 Å². The highest BCUT2D eigenvalue weighted by Crippen LogP contribution is 2.58. The average Bonchev–Trinajstić information content (AvgIpc) is 4.16. The van der Waals surface area contributed by atoms with Crippen LogP contribution in [0.2, 0.25) is 0 Å². The fourth-order valence-electron chi connectivity index (χ4n) is 11.3. The van der Waals surface area contributed by atoms with Gasteiger partial charge in [0.2, 0.25) is 0 Å². The van der Waals surface area contributed by atoms with Crippen molar-refractivity contribution in [3.05, 3.63) is 254 Å². The molecule has 15 rings (SSSR count). The van der Waals surface area contributed by atoms with Crippen molar-refractivity contribution in [2.75, 3.05) is 0 Å². The quantitative estimate of drug-likeness (QED) is 0.154. The van der Waals surface area contributed by atoms with Crippen LogP contribution in [0.25, 0.3) is 111 Å². The van der Waals surface area contributed by atoms with Crippen LogP contribution >= 0.6 is 0 Å². The van der Waals surface area contributed by atoms with Crippen molar-refractivity contribution in [3.8, 4) is 45.0 Å². The van der Waals surface area contributed by atoms with Gasteiger partial charge in [0.15, 0.2) is 0 Å². The lowest BCUT2D eigenvalue weighted by atomic mass is 9.67. The number of rotatable bonds is 6. The molecule has 1 aliphatic carbocycles. The van der Waals surface area contributed by atoms with Gasteiger partial charge in [0.05, 0.1) is 60.9 Å². The molecule has 1 aliphatic rings. The van der Waals surface area contributed by atoms with Gasteiger partial charge in [-0.25, -0.2) is 19.9 Å². The Labute approximate surface area is 406 Å². The number of imidazole rings is 2. The Bertz CT molecular complexity index is 4220. The maximum atomic E-state index is 5.38. The van der Waals surface area contributed by atoms with Crippen LogP contribution in [0.15, 0.2) is 231 Å². The van der Waals surface area contributed by atoms with E-state index in [0.717, 1.165) is 133 Å². The third-order valence-corrected chi connectivity index (χ3v) is 14.6. The first kappa shape index (κ1) is 39.3. The van der Waals surface area contributed by atoms with Gasteiger partial charge in [0, 0.05) is 56.4 Å². The van der Waals surface area contributed by atoms with Crippen molar-refractivity contribution < 1.29 is 0 Å². The molecule has 0 radical (unpaired) electrons. The van der Waals surface area contributed by atoms with Crippen LogP contribution < -0.4 is 0 Å². The van der Waals surface area contributed by atoms with E-state index >= 15 is 0 Å². The minimum Gasteiger partial charge on any atom is -0.299 e. The number of hydrogen-bond donors (Lipinski definition) is 0. The van der Waals surface area contributed by atoms with Gasteiger partial charge in [0.1, 0.15) is 12.7 Å². The minimum absolute atomic E-state index is 0.855. The number of aromatic nitrogens is 8. The lowest BCUT2D eigenvalue weighted by Crippen LogP contribution is -2.29. The van der Waals surface area contributed by atoms with E-state index < -0.39 is 5.41 Å². The zero-order chi connectivity index (χ0) is 46.6. The predicted octanol–water partition coefficient (Wildman–Crippen LogP) is 14.3. The minimum atomic E-state index is -0.855. The van der Waals surface area contributed by atoms with Gasteiger partial charge in [-0.15, -0.1) is 0 Å². The summed E-state index contributed by atoms with van der Waals surface area (Å²) in [5, 5.41) is 4.22. The normalized spacial score (nSPS) is 12.9. The molecule has 8 aromatic carbocycles. The molecular formula is C63H38N8. The van der Waals surface area contributed by atoms with Crippen molar-refractivity contribution in [2.45, 2.75) is 5.41 Å². The van der Waals surface area contributed by atoms with Crippen LogP contribution in [0.5, 0.6) is 0 Å². The molecule has 14 aromatic rings. The molecule has 8 nitrogen and oxygen atoms in total. The van der Waals surface area contributed by atoms with E-state index in [0.29, 0.717) is 0 Å². The van der Waals surface area contributed by atoms with E-state index in [1.807, 2.05) is 49.3 Å². The Kier molecular flexibility index (Phi) is 8.41. The van der Waals surface area contributed by atoms with Crippen molar-refractivity contribution >= 4 is 65.7 Å². The summed E-state index contributed by atoms with van der Waals surface area (Å²) in [6.45, 7) is 0. The third-order valence-electron chi connectivity index (χ3n) is 14.6. The molecule has 0 bridgehead atoms. The smallest absolute Gasteiger partial charge is 0.100 e. The number of hydrogen-bond acceptors (Lipinski definition) is 6. The first-order valence-electron chi connectivity index (χ1n) is 23.8. The second-order valence-corrected chi connectivity index (χ2v) is 18.4. The van der Waals surface area contributed by atoms with Crippen LogP contribution in [-0.4, -0.2) is 39.0 Å². The topological polar surface area (TPSA) is 87.2 Å². The van der Waals surface area contributed by atoms with Crippen molar-refractivity contribution in [2.24, 2.45) is 0 Å². The summed E-state index contributed by atoms with van der Waals surface area (Å²) in [7, 11) is 0. The Morgan fingerprint density at radius 2 is 0.789 bits per heavy atom. The highest BCUT2D eigenvalue weighted by atomic mass is 15.1. The molecule has 0 saturated heterocycles. The summed E-state index contributed by atoms with van der Waals surface area (Å²) in [5.74, 6) is 0. The monoisotopic (exact) mass is 906 g/mol. The van der Waals surface area contributed by atoms with E-state index in [9.17, 15) is 0 Å². The maximum absolute atomic E-state index is 5.38. The lowest BCUT2D eigenvalue weighted by molar-refractivity contribution is 0.766. The molecule has 8 heteroatoms. The molecule has 0 N–H and O–H groups in total. The largest absolute Gasteiger partial charge is 0.299 e. The second kappa shape index (κ2) is 15.2. The molecule has 330 valence electrons. The molecule has 0 saturated carbocycles. The Hall–Kier alpha value is -9.66. The first-order valence-corrected chi connectivity index (χ1v) is 23.8. The van der Waals surface area contributed by atoms with Gasteiger partial charge in [-0.05, 0) is 118 Å². The maximum Gasteiger partial charge on any atom is 0.100 e. The summed E-state index contributed by atoms with van der Waals surface area (Å²) in [5.41, 5.74) is 19.3. The number of pyridine rings is 4. The number of nitrogens with zero attached hydrogens (tertiary/aromatic N) is 8. The molecule has 0 fully saturated rings. The Balaban J connectivity index is 1.02. The molecular weight excluding hydrogens is 869 g/mol. The van der Waals surface area contributed by atoms with Crippen LogP contribution in [0.1, 0.15) is 22.3 Å². The highest BCUT2D eigenvalue weighted by molar-refractivity contribution is 6.04. The van der Waals surface area contributed by atoms with Gasteiger partial charge in [-0.2, -0.15) is 0 Å². The summed E-state index contributed by atoms with van der Waals surface area (Å²) in [6.07, 6.45) is 7.57. The third kappa shape index (κ3) is 5.91. The van der Waals surface area contributed by atoms with E-state index in [1.54, 1.807) is 0 Å². The fourth-order valence-corrected chi connectivity index (χ4v) is 11.3. The molecule has 0 aliphatic heterocycles. The summed E-state index contributed by atoms with van der Waals surface area (Å²) < 4.78 is 4.40. The van der Waals surface area contributed by atoms with Crippen molar-refractivity contribution in [1.29, 1.82) is 0 Å². The van der Waals surface area contributed by atoms with Crippen molar-refractivity contribution in [1.82, 2.24) is 39.0 Å². The Morgan fingerprint density at radius 1 is 0.338 bits per heavy atom. The molecule has 6 heterocycles. The SMILES string of the molecule is c1cc(-c2ccc3ccc4cccnc4c3n2)cc(C2(c3cccc(-c4ccc5ccc6cccnc6c5n4)c3)c3cc(-n4cnc5ccccc54)ccc3-c3ccc(-n4cnc5ccccc54)cc32)c1. The lowest BCUT2D eigenvalue weighted by Gasteiger charge is -2.35. The molecule has 0 unspecified atom stereocenters. The molecule has 0 amide bonds. The zero-order valence-corrected chi connectivity index (χ0v) is 38.0. The number of para-hydroxylation sites is 4. The number of fused-ring (bicyclic) bond motifs is 11. The van der Waals surface area contributed by atoms with Gasteiger partial charge < -0.3 is 0 Å². The van der Waals surface area contributed by atoms with Gasteiger partial charge in [-0.1, -0.05) is 121 Å².